The highest BCUT2D eigenvalue weighted by atomic mass is 16.5. The van der Waals surface area contributed by atoms with Gasteiger partial charge in [0.2, 0.25) is 0 Å². The van der Waals surface area contributed by atoms with Gasteiger partial charge in [0, 0.05) is 34.1 Å². The number of furan rings is 1. The number of piperidine rings is 1. The van der Waals surface area contributed by atoms with Crippen LogP contribution in [0, 0.1) is 12.8 Å². The third-order valence-corrected chi connectivity index (χ3v) is 9.15. The van der Waals surface area contributed by atoms with Crippen molar-refractivity contribution < 1.29 is 23.8 Å². The number of ether oxygens (including phenoxy) is 2. The van der Waals surface area contributed by atoms with Crippen LogP contribution in [0.1, 0.15) is 98.0 Å². The van der Waals surface area contributed by atoms with E-state index in [1.165, 1.54) is 38.5 Å². The average Bonchev–Trinajstić information content (AvgIpc) is 3.37. The van der Waals surface area contributed by atoms with Crippen molar-refractivity contribution in [3.05, 3.63) is 65.2 Å². The lowest BCUT2D eigenvalue weighted by atomic mass is 9.87. The van der Waals surface area contributed by atoms with E-state index in [0.717, 1.165) is 55.0 Å². The predicted molar refractivity (Wildman–Crippen MR) is 164 cm³/mol. The second-order valence-electron chi connectivity index (χ2n) is 11.8. The van der Waals surface area contributed by atoms with Crippen molar-refractivity contribution in [1.82, 2.24) is 9.88 Å². The number of aryl methyl sites for hydroxylation is 1. The van der Waals surface area contributed by atoms with Crippen molar-refractivity contribution in [3.63, 3.8) is 0 Å². The van der Waals surface area contributed by atoms with Gasteiger partial charge in [-0.1, -0.05) is 38.5 Å². The molecule has 2 aromatic carbocycles. The first-order valence-corrected chi connectivity index (χ1v) is 15.7. The largest absolute Gasteiger partial charge is 0.507 e. The van der Waals surface area contributed by atoms with Crippen molar-refractivity contribution in [1.29, 1.82) is 0 Å². The molecule has 4 aromatic rings. The number of aromatic hydroxyl groups is 1. The Hall–Kier alpha value is -3.58. The molecular weight excluding hydrogens is 528 g/mol. The van der Waals surface area contributed by atoms with E-state index in [1.807, 2.05) is 30.3 Å². The SMILES string of the molecule is CCOC(=O)c1c(C)oc2c1c(C(c1ccncc1)N1CCCCC1)c(O)c1cc(OCCC3CCCCC3)ccc12. The third-order valence-electron chi connectivity index (χ3n) is 9.15. The molecule has 7 nitrogen and oxygen atoms in total. The number of fused-ring (bicyclic) bond motifs is 3. The molecule has 6 rings (SSSR count). The lowest BCUT2D eigenvalue weighted by molar-refractivity contribution is 0.0526. The molecule has 1 unspecified atom stereocenters. The van der Waals surface area contributed by atoms with Gasteiger partial charge in [0.1, 0.15) is 28.4 Å². The van der Waals surface area contributed by atoms with Crippen LogP contribution in [0.4, 0.5) is 0 Å². The van der Waals surface area contributed by atoms with Crippen LogP contribution in [0.25, 0.3) is 21.7 Å². The number of phenolic OH excluding ortho intramolecular Hbond substituents is 1. The summed E-state index contributed by atoms with van der Waals surface area (Å²) in [5.74, 6) is 1.65. The molecule has 1 aliphatic heterocycles. The number of pyridine rings is 1. The van der Waals surface area contributed by atoms with Crippen molar-refractivity contribution in [2.24, 2.45) is 5.92 Å². The average molecular weight is 571 g/mol. The van der Waals surface area contributed by atoms with Gasteiger partial charge >= 0.3 is 5.97 Å². The van der Waals surface area contributed by atoms with Crippen LogP contribution in [-0.2, 0) is 4.74 Å². The van der Waals surface area contributed by atoms with E-state index in [-0.39, 0.29) is 18.4 Å². The number of hydrogen-bond donors (Lipinski definition) is 1. The fraction of sp³-hybridized carbons (Fsp3) is 0.486. The van der Waals surface area contributed by atoms with Crippen LogP contribution < -0.4 is 4.74 Å². The summed E-state index contributed by atoms with van der Waals surface area (Å²) in [6, 6.07) is 9.51. The molecular formula is C35H42N2O5. The predicted octanol–water partition coefficient (Wildman–Crippen LogP) is 8.10. The van der Waals surface area contributed by atoms with E-state index < -0.39 is 5.97 Å². The van der Waals surface area contributed by atoms with Crippen molar-refractivity contribution in [2.75, 3.05) is 26.3 Å². The molecule has 0 radical (unpaired) electrons. The number of phenols is 1. The highest BCUT2D eigenvalue weighted by Crippen LogP contribution is 2.48. The normalized spacial score (nSPS) is 17.5. The lowest BCUT2D eigenvalue weighted by Gasteiger charge is -2.36. The first-order chi connectivity index (χ1) is 20.6. The van der Waals surface area contributed by atoms with E-state index in [2.05, 4.69) is 9.88 Å². The number of benzene rings is 2. The summed E-state index contributed by atoms with van der Waals surface area (Å²) in [5, 5.41) is 14.2. The van der Waals surface area contributed by atoms with Crippen LogP contribution in [0.5, 0.6) is 11.5 Å². The molecule has 0 amide bonds. The molecule has 222 valence electrons. The first-order valence-electron chi connectivity index (χ1n) is 15.7. The van der Waals surface area contributed by atoms with Gasteiger partial charge in [0.25, 0.3) is 0 Å². The van der Waals surface area contributed by atoms with Crippen LogP contribution in [0.15, 0.2) is 47.1 Å². The van der Waals surface area contributed by atoms with E-state index in [1.54, 1.807) is 26.2 Å². The summed E-state index contributed by atoms with van der Waals surface area (Å²) >= 11 is 0. The Balaban J connectivity index is 1.51. The molecule has 1 saturated heterocycles. The Bertz CT molecular complexity index is 1530. The summed E-state index contributed by atoms with van der Waals surface area (Å²) in [4.78, 5) is 20.0. The highest BCUT2D eigenvalue weighted by molar-refractivity contribution is 6.17. The minimum absolute atomic E-state index is 0.147. The van der Waals surface area contributed by atoms with Crippen molar-refractivity contribution in [3.8, 4) is 11.5 Å². The van der Waals surface area contributed by atoms with Gasteiger partial charge < -0.3 is 19.0 Å². The van der Waals surface area contributed by atoms with Crippen molar-refractivity contribution in [2.45, 2.75) is 77.7 Å². The molecule has 2 aliphatic rings. The molecule has 3 heterocycles. The Kier molecular flexibility index (Phi) is 8.66. The summed E-state index contributed by atoms with van der Waals surface area (Å²) < 4.78 is 18.1. The zero-order valence-electron chi connectivity index (χ0n) is 24.9. The fourth-order valence-electron chi connectivity index (χ4n) is 7.08. The zero-order valence-corrected chi connectivity index (χ0v) is 24.9. The fourth-order valence-corrected chi connectivity index (χ4v) is 7.08. The van der Waals surface area contributed by atoms with Crippen LogP contribution in [0.3, 0.4) is 0 Å². The quantitative estimate of drug-likeness (QED) is 0.204. The minimum Gasteiger partial charge on any atom is -0.507 e. The van der Waals surface area contributed by atoms with Crippen LogP contribution in [-0.4, -0.2) is 47.3 Å². The summed E-state index contributed by atoms with van der Waals surface area (Å²) in [6.07, 6.45) is 14.5. The molecule has 1 aliphatic carbocycles. The number of hydrogen-bond acceptors (Lipinski definition) is 7. The van der Waals surface area contributed by atoms with Crippen molar-refractivity contribution >= 4 is 27.7 Å². The van der Waals surface area contributed by atoms with Crippen LogP contribution >= 0.6 is 0 Å². The molecule has 2 aromatic heterocycles. The maximum Gasteiger partial charge on any atom is 0.342 e. The molecule has 1 saturated carbocycles. The van der Waals surface area contributed by atoms with Crippen LogP contribution in [0.2, 0.25) is 0 Å². The number of carbonyl (C=O) groups excluding carboxylic acids is 1. The van der Waals surface area contributed by atoms with Gasteiger partial charge in [0.15, 0.2) is 0 Å². The second kappa shape index (κ2) is 12.7. The third kappa shape index (κ3) is 5.59. The Morgan fingerprint density at radius 1 is 1.05 bits per heavy atom. The summed E-state index contributed by atoms with van der Waals surface area (Å²) in [7, 11) is 0. The highest BCUT2D eigenvalue weighted by Gasteiger charge is 2.34. The Labute approximate surface area is 247 Å². The number of aromatic nitrogens is 1. The van der Waals surface area contributed by atoms with E-state index >= 15 is 0 Å². The molecule has 1 N–H and O–H groups in total. The molecule has 7 heteroatoms. The second-order valence-corrected chi connectivity index (χ2v) is 11.8. The molecule has 0 spiro atoms. The Morgan fingerprint density at radius 2 is 1.79 bits per heavy atom. The van der Waals surface area contributed by atoms with E-state index in [4.69, 9.17) is 13.9 Å². The van der Waals surface area contributed by atoms with Gasteiger partial charge in [-0.05, 0) is 88.0 Å². The van der Waals surface area contributed by atoms with Gasteiger partial charge in [-0.25, -0.2) is 4.79 Å². The number of rotatable bonds is 9. The summed E-state index contributed by atoms with van der Waals surface area (Å²) in [6.45, 7) is 6.29. The van der Waals surface area contributed by atoms with Gasteiger partial charge in [0.05, 0.1) is 19.3 Å². The molecule has 2 fully saturated rings. The monoisotopic (exact) mass is 570 g/mol. The molecule has 0 bridgehead atoms. The van der Waals surface area contributed by atoms with E-state index in [0.29, 0.717) is 39.8 Å². The topological polar surface area (TPSA) is 85.0 Å². The smallest absolute Gasteiger partial charge is 0.342 e. The maximum atomic E-state index is 13.4. The standard InChI is InChI=1S/C35H42N2O5/c1-3-40-35(39)29-23(2)42-34-27-13-12-26(41-21-16-24-10-6-4-7-11-24)22-28(27)33(38)31(30(29)34)32(25-14-17-36-18-15-25)37-19-8-5-9-20-37/h12-15,17-18,22,24,32,38H,3-11,16,19-21H2,1-2H3. The van der Waals surface area contributed by atoms with E-state index in [9.17, 15) is 9.90 Å². The summed E-state index contributed by atoms with van der Waals surface area (Å²) in [5.41, 5.74) is 2.65. The number of esters is 1. The minimum atomic E-state index is -0.441. The number of carbonyl (C=O) groups is 1. The zero-order chi connectivity index (χ0) is 29.1. The first kappa shape index (κ1) is 28.5. The van der Waals surface area contributed by atoms with Gasteiger partial charge in [-0.15, -0.1) is 0 Å². The van der Waals surface area contributed by atoms with Gasteiger partial charge in [-0.3, -0.25) is 9.88 Å². The Morgan fingerprint density at radius 3 is 2.52 bits per heavy atom. The lowest BCUT2D eigenvalue weighted by Crippen LogP contribution is -2.34. The number of nitrogens with zero attached hydrogens (tertiary/aromatic N) is 2. The molecule has 1 atom stereocenters. The maximum absolute atomic E-state index is 13.4. The van der Waals surface area contributed by atoms with Gasteiger partial charge in [-0.2, -0.15) is 0 Å². The number of likely N-dealkylation sites (tertiary alicyclic amines) is 1. The molecule has 42 heavy (non-hydrogen) atoms.